The summed E-state index contributed by atoms with van der Waals surface area (Å²) < 4.78 is 6.43. The number of benzene rings is 9. The zero-order chi connectivity index (χ0) is 36.7. The minimum Gasteiger partial charge on any atom is -0.504 e. The van der Waals surface area contributed by atoms with Crippen LogP contribution in [-0.4, -0.2) is 25.5 Å². The van der Waals surface area contributed by atoms with Crippen molar-refractivity contribution < 1.29 is 29.9 Å². The van der Waals surface area contributed by atoms with Crippen LogP contribution in [0.2, 0.25) is 0 Å². The van der Waals surface area contributed by atoms with Crippen LogP contribution < -0.4 is 0 Å². The molecule has 6 heteroatoms. The van der Waals surface area contributed by atoms with Crippen molar-refractivity contribution in [3.63, 3.8) is 0 Å². The number of hydrogen-bond acceptors (Lipinski definition) is 6. The average Bonchev–Trinajstić information content (AvgIpc) is 3.60. The summed E-state index contributed by atoms with van der Waals surface area (Å²) in [5, 5.41) is 61.0. The summed E-state index contributed by atoms with van der Waals surface area (Å²) in [6.07, 6.45) is 0. The SMILES string of the molecule is Oc1c(O)c(O)c(-c2c3ccccc3c(-c3cc(-c4c(-c5ccccc5)ccc5oc6ccccc6c45)cc4ccccc34)c3ccccc23)c(O)c1O. The minimum absolute atomic E-state index is 0.189. The van der Waals surface area contributed by atoms with Crippen LogP contribution in [0.25, 0.3) is 98.8 Å². The van der Waals surface area contributed by atoms with Crippen LogP contribution in [0.3, 0.4) is 0 Å². The van der Waals surface area contributed by atoms with E-state index in [9.17, 15) is 25.5 Å². The molecule has 0 spiro atoms. The van der Waals surface area contributed by atoms with E-state index >= 15 is 0 Å². The van der Waals surface area contributed by atoms with Gasteiger partial charge in [0.25, 0.3) is 0 Å². The topological polar surface area (TPSA) is 114 Å². The first-order valence-corrected chi connectivity index (χ1v) is 17.6. The smallest absolute Gasteiger partial charge is 0.208 e. The molecule has 0 fully saturated rings. The van der Waals surface area contributed by atoms with Gasteiger partial charge in [-0.3, -0.25) is 0 Å². The summed E-state index contributed by atoms with van der Waals surface area (Å²) in [7, 11) is 0. The van der Waals surface area contributed by atoms with Crippen LogP contribution in [0.15, 0.2) is 156 Å². The number of phenolic OH excluding ortho intramolecular Hbond substituents is 5. The van der Waals surface area contributed by atoms with Gasteiger partial charge in [0.1, 0.15) is 11.2 Å². The van der Waals surface area contributed by atoms with E-state index in [1.165, 1.54) is 0 Å². The number of aromatic hydroxyl groups is 5. The maximum absolute atomic E-state index is 11.2. The van der Waals surface area contributed by atoms with Gasteiger partial charge in [-0.25, -0.2) is 0 Å². The van der Waals surface area contributed by atoms with Gasteiger partial charge in [-0.15, -0.1) is 0 Å². The van der Waals surface area contributed by atoms with Gasteiger partial charge in [0.2, 0.25) is 17.2 Å². The highest BCUT2D eigenvalue weighted by Crippen LogP contribution is 2.58. The van der Waals surface area contributed by atoms with E-state index in [0.717, 1.165) is 76.9 Å². The van der Waals surface area contributed by atoms with Crippen molar-refractivity contribution in [2.45, 2.75) is 0 Å². The van der Waals surface area contributed by atoms with E-state index in [1.54, 1.807) is 0 Å². The zero-order valence-electron chi connectivity index (χ0n) is 28.6. The third-order valence-corrected chi connectivity index (χ3v) is 10.6. The molecule has 0 aliphatic carbocycles. The highest BCUT2D eigenvalue weighted by atomic mass is 16.4. The van der Waals surface area contributed by atoms with Gasteiger partial charge < -0.3 is 29.9 Å². The molecule has 5 N–H and O–H groups in total. The molecule has 1 aromatic heterocycles. The van der Waals surface area contributed by atoms with Crippen molar-refractivity contribution in [1.82, 2.24) is 0 Å². The zero-order valence-corrected chi connectivity index (χ0v) is 28.6. The van der Waals surface area contributed by atoms with Gasteiger partial charge >= 0.3 is 0 Å². The molecule has 6 nitrogen and oxygen atoms in total. The summed E-state index contributed by atoms with van der Waals surface area (Å²) >= 11 is 0. The Bertz CT molecular complexity index is 3070. The Morgan fingerprint density at radius 1 is 0.315 bits per heavy atom. The van der Waals surface area contributed by atoms with Gasteiger partial charge in [-0.05, 0) is 84.4 Å². The fourth-order valence-corrected chi connectivity index (χ4v) is 8.25. The third kappa shape index (κ3) is 4.47. The van der Waals surface area contributed by atoms with Crippen LogP contribution in [-0.2, 0) is 0 Å². The minimum atomic E-state index is -1.00. The predicted octanol–water partition coefficient (Wildman–Crippen LogP) is 12.2. The molecule has 0 amide bonds. The monoisotopic (exact) mass is 702 g/mol. The Balaban J connectivity index is 1.37. The van der Waals surface area contributed by atoms with Crippen LogP contribution in [0, 0.1) is 0 Å². The lowest BCUT2D eigenvalue weighted by molar-refractivity contribution is 0.330. The Morgan fingerprint density at radius 3 is 1.48 bits per heavy atom. The molecule has 0 unspecified atom stereocenters. The van der Waals surface area contributed by atoms with Crippen molar-refractivity contribution in [2.24, 2.45) is 0 Å². The summed E-state index contributed by atoms with van der Waals surface area (Å²) in [5.74, 6) is -4.34. The van der Waals surface area contributed by atoms with E-state index in [4.69, 9.17) is 4.42 Å². The number of rotatable bonds is 4. The Morgan fingerprint density at radius 2 is 0.833 bits per heavy atom. The highest BCUT2D eigenvalue weighted by molar-refractivity contribution is 6.25. The van der Waals surface area contributed by atoms with Crippen molar-refractivity contribution in [2.75, 3.05) is 0 Å². The normalized spacial score (nSPS) is 11.7. The van der Waals surface area contributed by atoms with E-state index in [1.807, 2.05) is 103 Å². The third-order valence-electron chi connectivity index (χ3n) is 10.6. The molecule has 0 aliphatic rings. The Hall–Kier alpha value is -7.44. The number of hydrogen-bond donors (Lipinski definition) is 5. The van der Waals surface area contributed by atoms with Gasteiger partial charge in [-0.1, -0.05) is 127 Å². The molecule has 1 heterocycles. The highest BCUT2D eigenvalue weighted by Gasteiger charge is 2.28. The summed E-state index contributed by atoms with van der Waals surface area (Å²) in [6, 6.07) is 50.8. The van der Waals surface area contributed by atoms with Crippen LogP contribution in [0.5, 0.6) is 28.7 Å². The first-order valence-electron chi connectivity index (χ1n) is 17.6. The summed E-state index contributed by atoms with van der Waals surface area (Å²) in [6.45, 7) is 0. The van der Waals surface area contributed by atoms with Gasteiger partial charge in [0, 0.05) is 21.9 Å². The molecule has 0 aliphatic heterocycles. The molecular weight excluding hydrogens is 673 g/mol. The number of phenols is 5. The average molecular weight is 703 g/mol. The summed E-state index contributed by atoms with van der Waals surface area (Å²) in [4.78, 5) is 0. The first-order chi connectivity index (χ1) is 26.4. The van der Waals surface area contributed by atoms with Crippen molar-refractivity contribution >= 4 is 54.3 Å². The molecule has 10 rings (SSSR count). The number of fused-ring (bicyclic) bond motifs is 6. The number of para-hydroxylation sites is 1. The van der Waals surface area contributed by atoms with Crippen molar-refractivity contribution in [3.8, 4) is 73.3 Å². The lowest BCUT2D eigenvalue weighted by Crippen LogP contribution is -1.94. The second-order valence-electron chi connectivity index (χ2n) is 13.5. The molecule has 54 heavy (non-hydrogen) atoms. The van der Waals surface area contributed by atoms with Gasteiger partial charge in [0.15, 0.2) is 11.5 Å². The second kappa shape index (κ2) is 11.8. The van der Waals surface area contributed by atoms with Crippen LogP contribution >= 0.6 is 0 Å². The number of furan rings is 1. The molecular formula is C48H30O6. The van der Waals surface area contributed by atoms with Crippen LogP contribution in [0.4, 0.5) is 0 Å². The van der Waals surface area contributed by atoms with Crippen molar-refractivity contribution in [1.29, 1.82) is 0 Å². The lowest BCUT2D eigenvalue weighted by atomic mass is 9.82. The lowest BCUT2D eigenvalue weighted by Gasteiger charge is -2.21. The molecule has 0 radical (unpaired) electrons. The standard InChI is InChI=1S/C48H30O6/c49-44-43(45(50)47(52)48(53)46(44)51)41-33-18-8-6-16-31(33)40(32-17-7-9-19-34(32)41)36-25-28(24-27-14-4-5-15-29(27)36)39-30(26-12-2-1-3-13-26)22-23-38-42(39)35-20-10-11-21-37(35)54-38/h1-25,49-53H. The van der Waals surface area contributed by atoms with E-state index in [-0.39, 0.29) is 5.56 Å². The fraction of sp³-hybridized carbons (Fsp3) is 0. The van der Waals surface area contributed by atoms with E-state index < -0.39 is 28.7 Å². The largest absolute Gasteiger partial charge is 0.504 e. The first kappa shape index (κ1) is 31.3. The molecule has 0 atom stereocenters. The maximum Gasteiger partial charge on any atom is 0.208 e. The quantitative estimate of drug-likeness (QED) is 0.0708. The molecule has 10 aromatic rings. The molecule has 0 bridgehead atoms. The van der Waals surface area contributed by atoms with Crippen LogP contribution in [0.1, 0.15) is 0 Å². The molecule has 0 saturated carbocycles. The maximum atomic E-state index is 11.2. The molecule has 0 saturated heterocycles. The second-order valence-corrected chi connectivity index (χ2v) is 13.5. The predicted molar refractivity (Wildman–Crippen MR) is 216 cm³/mol. The Kier molecular flexibility index (Phi) is 6.84. The van der Waals surface area contributed by atoms with Gasteiger partial charge in [0.05, 0.1) is 5.56 Å². The van der Waals surface area contributed by atoms with Gasteiger partial charge in [-0.2, -0.15) is 0 Å². The summed E-state index contributed by atoms with van der Waals surface area (Å²) in [5.41, 5.74) is 7.90. The fourth-order valence-electron chi connectivity index (χ4n) is 8.25. The van der Waals surface area contributed by atoms with E-state index in [2.05, 4.69) is 48.5 Å². The van der Waals surface area contributed by atoms with E-state index in [0.29, 0.717) is 16.3 Å². The Labute approximate surface area is 308 Å². The molecule has 258 valence electrons. The molecule has 9 aromatic carbocycles. The van der Waals surface area contributed by atoms with Crippen molar-refractivity contribution in [3.05, 3.63) is 152 Å².